The molecule has 0 spiro atoms. The smallest absolute Gasteiger partial charge is 0.229 e. The molecule has 1 aliphatic rings. The van der Waals surface area contributed by atoms with Crippen LogP contribution in [0.15, 0.2) is 36.4 Å². The van der Waals surface area contributed by atoms with Crippen molar-refractivity contribution in [1.29, 1.82) is 0 Å². The van der Waals surface area contributed by atoms with Crippen LogP contribution in [0.3, 0.4) is 0 Å². The predicted molar refractivity (Wildman–Crippen MR) is 108 cm³/mol. The van der Waals surface area contributed by atoms with E-state index in [1.54, 1.807) is 36.4 Å². The maximum atomic E-state index is 12.3. The van der Waals surface area contributed by atoms with Gasteiger partial charge in [0, 0.05) is 18.7 Å². The van der Waals surface area contributed by atoms with Crippen molar-refractivity contribution in [3.05, 3.63) is 52.5 Å². The second kappa shape index (κ2) is 8.70. The molecule has 2 aromatic carbocycles. The quantitative estimate of drug-likeness (QED) is 0.743. The van der Waals surface area contributed by atoms with Gasteiger partial charge in [-0.25, -0.2) is 8.42 Å². The van der Waals surface area contributed by atoms with E-state index in [0.29, 0.717) is 35.4 Å². The van der Waals surface area contributed by atoms with Crippen LogP contribution >= 0.6 is 11.6 Å². The molecule has 0 bridgehead atoms. The minimum absolute atomic E-state index is 0.137. The molecular weight excluding hydrogens is 404 g/mol. The van der Waals surface area contributed by atoms with Crippen LogP contribution in [0.5, 0.6) is 11.5 Å². The molecule has 28 heavy (non-hydrogen) atoms. The lowest BCUT2D eigenvalue weighted by Crippen LogP contribution is -2.24. The highest BCUT2D eigenvalue weighted by Gasteiger charge is 2.16. The van der Waals surface area contributed by atoms with Gasteiger partial charge in [-0.1, -0.05) is 23.7 Å². The summed E-state index contributed by atoms with van der Waals surface area (Å²) in [6.45, 7) is 1.35. The summed E-state index contributed by atoms with van der Waals surface area (Å²) in [5.41, 5.74) is 1.95. The largest absolute Gasteiger partial charge is 0.489 e. The molecule has 0 aliphatic carbocycles. The summed E-state index contributed by atoms with van der Waals surface area (Å²) in [6.07, 6.45) is 1.99. The lowest BCUT2D eigenvalue weighted by molar-refractivity contribution is -0.120. The molecule has 1 heterocycles. The maximum absolute atomic E-state index is 12.3. The molecule has 1 aliphatic heterocycles. The number of sulfonamides is 1. The van der Waals surface area contributed by atoms with Crippen molar-refractivity contribution in [2.45, 2.75) is 19.4 Å². The fraction of sp³-hybridized carbons (Fsp3) is 0.316. The minimum Gasteiger partial charge on any atom is -0.489 e. The highest BCUT2D eigenvalue weighted by Crippen LogP contribution is 2.38. The number of fused-ring (bicyclic) bond motifs is 1. The zero-order valence-electron chi connectivity index (χ0n) is 15.3. The van der Waals surface area contributed by atoms with Gasteiger partial charge in [-0.3, -0.25) is 9.52 Å². The standard InChI is InChI=1S/C19H21ClN2O5S/c1-28(24,25)22-15-5-2-4-13(8-15)12-21-18(23)11-14-9-16(20)19-17(10-14)26-6-3-7-27-19/h2,4-5,8-10,22H,3,6-7,11-12H2,1H3,(H,21,23). The van der Waals surface area contributed by atoms with Gasteiger partial charge in [-0.05, 0) is 35.4 Å². The van der Waals surface area contributed by atoms with Crippen LogP contribution in [0.25, 0.3) is 0 Å². The van der Waals surface area contributed by atoms with Crippen molar-refractivity contribution in [2.24, 2.45) is 0 Å². The molecule has 0 atom stereocenters. The molecule has 3 rings (SSSR count). The Morgan fingerprint density at radius 1 is 1.14 bits per heavy atom. The van der Waals surface area contributed by atoms with E-state index < -0.39 is 10.0 Å². The normalized spacial score (nSPS) is 13.5. The Bertz CT molecular complexity index is 978. The molecule has 9 heteroatoms. The van der Waals surface area contributed by atoms with E-state index in [0.717, 1.165) is 23.8 Å². The van der Waals surface area contributed by atoms with E-state index in [9.17, 15) is 13.2 Å². The zero-order chi connectivity index (χ0) is 20.1. The molecule has 0 aromatic heterocycles. The van der Waals surface area contributed by atoms with Gasteiger partial charge >= 0.3 is 0 Å². The highest BCUT2D eigenvalue weighted by molar-refractivity contribution is 7.92. The maximum Gasteiger partial charge on any atom is 0.229 e. The second-order valence-corrected chi connectivity index (χ2v) is 8.64. The molecule has 7 nitrogen and oxygen atoms in total. The summed E-state index contributed by atoms with van der Waals surface area (Å²) < 4.78 is 36.3. The van der Waals surface area contributed by atoms with Crippen LogP contribution < -0.4 is 19.5 Å². The molecular formula is C19H21ClN2O5S. The first-order valence-electron chi connectivity index (χ1n) is 8.71. The fourth-order valence-corrected chi connectivity index (χ4v) is 3.64. The Morgan fingerprint density at radius 2 is 1.93 bits per heavy atom. The number of amides is 1. The topological polar surface area (TPSA) is 93.7 Å². The van der Waals surface area contributed by atoms with Crippen LogP contribution in [-0.2, 0) is 27.8 Å². The van der Waals surface area contributed by atoms with Crippen molar-refractivity contribution in [1.82, 2.24) is 5.32 Å². The number of carbonyl (C=O) groups excluding carboxylic acids is 1. The minimum atomic E-state index is -3.35. The van der Waals surface area contributed by atoms with Gasteiger partial charge in [0.2, 0.25) is 15.9 Å². The first-order chi connectivity index (χ1) is 13.3. The summed E-state index contributed by atoms with van der Waals surface area (Å²) in [4.78, 5) is 12.3. The molecule has 0 unspecified atom stereocenters. The summed E-state index contributed by atoms with van der Waals surface area (Å²) in [5, 5.41) is 3.24. The van der Waals surface area contributed by atoms with Gasteiger partial charge < -0.3 is 14.8 Å². The molecule has 0 radical (unpaired) electrons. The number of anilines is 1. The monoisotopic (exact) mass is 424 g/mol. The zero-order valence-corrected chi connectivity index (χ0v) is 16.9. The van der Waals surface area contributed by atoms with Crippen molar-refractivity contribution >= 4 is 33.2 Å². The third-order valence-corrected chi connectivity index (χ3v) is 4.83. The Morgan fingerprint density at radius 3 is 2.71 bits per heavy atom. The Balaban J connectivity index is 1.61. The highest BCUT2D eigenvalue weighted by atomic mass is 35.5. The van der Waals surface area contributed by atoms with Gasteiger partial charge in [0.05, 0.1) is 30.9 Å². The second-order valence-electron chi connectivity index (χ2n) is 6.48. The van der Waals surface area contributed by atoms with Crippen LogP contribution in [0.4, 0.5) is 5.69 Å². The van der Waals surface area contributed by atoms with E-state index in [1.165, 1.54) is 0 Å². The number of halogens is 1. The van der Waals surface area contributed by atoms with E-state index >= 15 is 0 Å². The number of hydrogen-bond acceptors (Lipinski definition) is 5. The van der Waals surface area contributed by atoms with Crippen LogP contribution in [0, 0.1) is 0 Å². The first-order valence-corrected chi connectivity index (χ1v) is 11.0. The third-order valence-electron chi connectivity index (χ3n) is 3.95. The van der Waals surface area contributed by atoms with Crippen LogP contribution in [0.1, 0.15) is 17.5 Å². The Hall–Kier alpha value is -2.45. The fourth-order valence-electron chi connectivity index (χ4n) is 2.79. The molecule has 2 N–H and O–H groups in total. The average Bonchev–Trinajstić information content (AvgIpc) is 2.85. The number of nitrogens with one attached hydrogen (secondary N) is 2. The van der Waals surface area contributed by atoms with Gasteiger partial charge in [0.15, 0.2) is 11.5 Å². The number of hydrogen-bond donors (Lipinski definition) is 2. The van der Waals surface area contributed by atoms with Crippen molar-refractivity contribution in [2.75, 3.05) is 24.2 Å². The summed E-state index contributed by atoms with van der Waals surface area (Å²) in [7, 11) is -3.35. The Kier molecular flexibility index (Phi) is 6.31. The number of benzene rings is 2. The summed E-state index contributed by atoms with van der Waals surface area (Å²) in [6, 6.07) is 10.3. The average molecular weight is 425 g/mol. The van der Waals surface area contributed by atoms with E-state index in [4.69, 9.17) is 21.1 Å². The molecule has 1 amide bonds. The van der Waals surface area contributed by atoms with Gasteiger partial charge in [-0.15, -0.1) is 0 Å². The number of ether oxygens (including phenoxy) is 2. The van der Waals surface area contributed by atoms with E-state index in [-0.39, 0.29) is 18.9 Å². The summed E-state index contributed by atoms with van der Waals surface area (Å²) >= 11 is 6.25. The lowest BCUT2D eigenvalue weighted by Gasteiger charge is -2.12. The first kappa shape index (κ1) is 20.3. The van der Waals surface area contributed by atoms with Gasteiger partial charge in [-0.2, -0.15) is 0 Å². The third kappa shape index (κ3) is 5.77. The van der Waals surface area contributed by atoms with E-state index in [2.05, 4.69) is 10.0 Å². The summed E-state index contributed by atoms with van der Waals surface area (Å²) in [5.74, 6) is 0.873. The van der Waals surface area contributed by atoms with Crippen molar-refractivity contribution < 1.29 is 22.7 Å². The van der Waals surface area contributed by atoms with E-state index in [1.807, 2.05) is 0 Å². The Labute approximate surface area is 169 Å². The number of rotatable bonds is 6. The van der Waals surface area contributed by atoms with Gasteiger partial charge in [0.25, 0.3) is 0 Å². The lowest BCUT2D eigenvalue weighted by atomic mass is 10.1. The van der Waals surface area contributed by atoms with Crippen molar-refractivity contribution in [3.63, 3.8) is 0 Å². The molecule has 0 saturated heterocycles. The predicted octanol–water partition coefficient (Wildman–Crippen LogP) is 2.73. The molecule has 150 valence electrons. The van der Waals surface area contributed by atoms with Gasteiger partial charge in [0.1, 0.15) is 0 Å². The van der Waals surface area contributed by atoms with Crippen molar-refractivity contribution in [3.8, 4) is 11.5 Å². The molecule has 0 fully saturated rings. The molecule has 2 aromatic rings. The SMILES string of the molecule is CS(=O)(=O)Nc1cccc(CNC(=O)Cc2cc(Cl)c3c(c2)OCCCO3)c1. The van der Waals surface area contributed by atoms with Crippen LogP contribution in [0.2, 0.25) is 5.02 Å². The molecule has 0 saturated carbocycles. The number of carbonyl (C=O) groups is 1. The van der Waals surface area contributed by atoms with Crippen LogP contribution in [-0.4, -0.2) is 33.8 Å².